The maximum absolute atomic E-state index is 13.4. The second kappa shape index (κ2) is 7.45. The van der Waals surface area contributed by atoms with Crippen LogP contribution in [0.3, 0.4) is 0 Å². The van der Waals surface area contributed by atoms with E-state index in [4.69, 9.17) is 0 Å². The first-order valence-electron chi connectivity index (χ1n) is 9.47. The van der Waals surface area contributed by atoms with Crippen LogP contribution in [0, 0.1) is 0 Å². The Bertz CT molecular complexity index is 996. The van der Waals surface area contributed by atoms with Crippen molar-refractivity contribution in [2.24, 2.45) is 0 Å². The molecule has 0 bridgehead atoms. The Kier molecular flexibility index (Phi) is 4.84. The molecular weight excluding hydrogens is 346 g/mol. The molecule has 1 heterocycles. The normalized spacial score (nSPS) is 21.1. The molecular formula is C25H23NO2. The Balaban J connectivity index is 1.82. The van der Waals surface area contributed by atoms with Gasteiger partial charge in [-0.15, -0.1) is 0 Å². The molecule has 3 aromatic carbocycles. The molecule has 1 atom stereocenters. The van der Waals surface area contributed by atoms with Crippen LogP contribution in [0.5, 0.6) is 0 Å². The number of hydrogen-bond donors (Lipinski definition) is 1. The number of carbonyl (C=O) groups is 1. The van der Waals surface area contributed by atoms with E-state index in [9.17, 15) is 9.90 Å². The number of aliphatic hydroxyl groups is 1. The van der Waals surface area contributed by atoms with Crippen LogP contribution < -0.4 is 0 Å². The van der Waals surface area contributed by atoms with Crippen molar-refractivity contribution in [3.05, 3.63) is 113 Å². The monoisotopic (exact) mass is 369 g/mol. The highest BCUT2D eigenvalue weighted by molar-refractivity contribution is 6.05. The number of allylic oxidation sites excluding steroid dienone is 1. The van der Waals surface area contributed by atoms with Gasteiger partial charge in [0.05, 0.1) is 12.1 Å². The van der Waals surface area contributed by atoms with Gasteiger partial charge in [-0.05, 0) is 29.2 Å². The minimum atomic E-state index is -1.34. The smallest absolute Gasteiger partial charge is 0.253 e. The molecule has 3 heteroatoms. The van der Waals surface area contributed by atoms with Crippen LogP contribution in [0.2, 0.25) is 0 Å². The third-order valence-electron chi connectivity index (χ3n) is 5.38. The fourth-order valence-corrected chi connectivity index (χ4v) is 3.95. The number of benzene rings is 3. The van der Waals surface area contributed by atoms with E-state index in [-0.39, 0.29) is 12.5 Å². The lowest BCUT2D eigenvalue weighted by Crippen LogP contribution is -2.32. The number of hydrogen-bond acceptors (Lipinski definition) is 2. The summed E-state index contributed by atoms with van der Waals surface area (Å²) < 4.78 is 0. The average Bonchev–Trinajstić information content (AvgIpc) is 3.00. The molecule has 1 N–H and O–H groups in total. The van der Waals surface area contributed by atoms with E-state index in [2.05, 4.69) is 0 Å². The van der Waals surface area contributed by atoms with Crippen molar-refractivity contribution < 1.29 is 9.90 Å². The third kappa shape index (κ3) is 3.25. The molecule has 3 nitrogen and oxygen atoms in total. The van der Waals surface area contributed by atoms with Crippen LogP contribution in [-0.4, -0.2) is 22.5 Å². The first-order valence-corrected chi connectivity index (χ1v) is 9.47. The summed E-state index contributed by atoms with van der Waals surface area (Å²) >= 11 is 0. The second-order valence-electron chi connectivity index (χ2n) is 7.24. The largest absolute Gasteiger partial charge is 0.378 e. The zero-order valence-corrected chi connectivity index (χ0v) is 15.9. The standard InChI is InChI=1S/C25H23NO2/c1-19(21-13-7-3-8-14-21)23-24(27)26(17-20-11-5-2-6-12-20)18-25(23,28)22-15-9-4-10-16-22/h2-16,28H,17-18H2,1H3/b23-19-. The maximum atomic E-state index is 13.4. The Morgan fingerprint density at radius 3 is 2.04 bits per heavy atom. The molecule has 1 fully saturated rings. The van der Waals surface area contributed by atoms with E-state index in [0.29, 0.717) is 12.1 Å². The van der Waals surface area contributed by atoms with Gasteiger partial charge in [0.15, 0.2) is 0 Å². The molecule has 140 valence electrons. The van der Waals surface area contributed by atoms with Gasteiger partial charge in [0.25, 0.3) is 5.91 Å². The van der Waals surface area contributed by atoms with Gasteiger partial charge < -0.3 is 10.0 Å². The van der Waals surface area contributed by atoms with E-state index in [0.717, 1.165) is 22.3 Å². The van der Waals surface area contributed by atoms with Crippen molar-refractivity contribution in [1.29, 1.82) is 0 Å². The predicted molar refractivity (Wildman–Crippen MR) is 111 cm³/mol. The third-order valence-corrected chi connectivity index (χ3v) is 5.38. The van der Waals surface area contributed by atoms with Crippen LogP contribution >= 0.6 is 0 Å². The molecule has 3 aromatic rings. The molecule has 0 spiro atoms. The number of β-amino-alcohol motifs (C(OH)–C–C–N with tert-alkyl or cyclic N) is 1. The summed E-state index contributed by atoms with van der Waals surface area (Å²) in [5, 5.41) is 11.8. The van der Waals surface area contributed by atoms with Gasteiger partial charge in [0, 0.05) is 6.54 Å². The molecule has 1 unspecified atom stereocenters. The first-order chi connectivity index (χ1) is 13.6. The molecule has 0 saturated carbocycles. The molecule has 1 aliphatic heterocycles. The molecule has 1 amide bonds. The van der Waals surface area contributed by atoms with E-state index < -0.39 is 5.60 Å². The second-order valence-corrected chi connectivity index (χ2v) is 7.24. The lowest BCUT2D eigenvalue weighted by atomic mass is 9.84. The van der Waals surface area contributed by atoms with E-state index in [1.54, 1.807) is 4.90 Å². The molecule has 0 radical (unpaired) electrons. The quantitative estimate of drug-likeness (QED) is 0.693. The topological polar surface area (TPSA) is 40.5 Å². The minimum Gasteiger partial charge on any atom is -0.378 e. The lowest BCUT2D eigenvalue weighted by Gasteiger charge is -2.25. The van der Waals surface area contributed by atoms with Crippen LogP contribution in [-0.2, 0) is 16.9 Å². The summed E-state index contributed by atoms with van der Waals surface area (Å²) in [6.45, 7) is 2.63. The van der Waals surface area contributed by atoms with Gasteiger partial charge in [-0.3, -0.25) is 4.79 Å². The fraction of sp³-hybridized carbons (Fsp3) is 0.160. The molecule has 4 rings (SSSR count). The highest BCUT2D eigenvalue weighted by Gasteiger charge is 2.48. The number of rotatable bonds is 4. The molecule has 0 aromatic heterocycles. The number of likely N-dealkylation sites (tertiary alicyclic amines) is 1. The average molecular weight is 369 g/mol. The van der Waals surface area contributed by atoms with E-state index in [1.807, 2.05) is 97.9 Å². The summed E-state index contributed by atoms with van der Waals surface area (Å²) in [5.41, 5.74) is 2.66. The lowest BCUT2D eigenvalue weighted by molar-refractivity contribution is -0.125. The summed E-state index contributed by atoms with van der Waals surface area (Å²) in [4.78, 5) is 15.2. The SMILES string of the molecule is C/C(=C1\C(=O)N(Cc2ccccc2)CC1(O)c1ccccc1)c1ccccc1. The van der Waals surface area contributed by atoms with Crippen molar-refractivity contribution in [2.75, 3.05) is 6.54 Å². The number of amides is 1. The van der Waals surface area contributed by atoms with Crippen molar-refractivity contribution >= 4 is 11.5 Å². The molecule has 0 aliphatic carbocycles. The Morgan fingerprint density at radius 1 is 0.893 bits per heavy atom. The fourth-order valence-electron chi connectivity index (χ4n) is 3.95. The summed E-state index contributed by atoms with van der Waals surface area (Å²) in [5.74, 6) is -0.114. The number of carbonyl (C=O) groups excluding carboxylic acids is 1. The number of nitrogens with zero attached hydrogens (tertiary/aromatic N) is 1. The van der Waals surface area contributed by atoms with Crippen LogP contribution in [0.15, 0.2) is 96.6 Å². The Hall–Kier alpha value is -3.17. The highest BCUT2D eigenvalue weighted by Crippen LogP contribution is 2.42. The molecule has 1 saturated heterocycles. The van der Waals surface area contributed by atoms with Crippen molar-refractivity contribution in [3.63, 3.8) is 0 Å². The van der Waals surface area contributed by atoms with E-state index in [1.165, 1.54) is 0 Å². The van der Waals surface area contributed by atoms with Gasteiger partial charge >= 0.3 is 0 Å². The Morgan fingerprint density at radius 2 is 1.43 bits per heavy atom. The predicted octanol–water partition coefficient (Wildman–Crippen LogP) is 4.39. The van der Waals surface area contributed by atoms with Gasteiger partial charge in [0.1, 0.15) is 5.60 Å². The van der Waals surface area contributed by atoms with Crippen LogP contribution in [0.4, 0.5) is 0 Å². The van der Waals surface area contributed by atoms with Crippen molar-refractivity contribution in [1.82, 2.24) is 4.90 Å². The minimum absolute atomic E-state index is 0.114. The van der Waals surface area contributed by atoms with E-state index >= 15 is 0 Å². The zero-order valence-electron chi connectivity index (χ0n) is 15.9. The zero-order chi connectivity index (χ0) is 19.6. The van der Waals surface area contributed by atoms with Crippen molar-refractivity contribution in [3.8, 4) is 0 Å². The summed E-state index contributed by atoms with van der Waals surface area (Å²) in [6, 6.07) is 29.2. The van der Waals surface area contributed by atoms with Gasteiger partial charge in [0.2, 0.25) is 0 Å². The maximum Gasteiger partial charge on any atom is 0.253 e. The summed E-state index contributed by atoms with van der Waals surface area (Å²) in [6.07, 6.45) is 0. The van der Waals surface area contributed by atoms with Crippen molar-refractivity contribution in [2.45, 2.75) is 19.1 Å². The molecule has 1 aliphatic rings. The Labute approximate surface area is 165 Å². The summed E-state index contributed by atoms with van der Waals surface area (Å²) in [7, 11) is 0. The first kappa shape index (κ1) is 18.2. The van der Waals surface area contributed by atoms with Gasteiger partial charge in [-0.1, -0.05) is 91.0 Å². The van der Waals surface area contributed by atoms with Gasteiger partial charge in [-0.25, -0.2) is 0 Å². The van der Waals surface area contributed by atoms with Gasteiger partial charge in [-0.2, -0.15) is 0 Å². The molecule has 28 heavy (non-hydrogen) atoms. The highest BCUT2D eigenvalue weighted by atomic mass is 16.3. The van der Waals surface area contributed by atoms with Crippen LogP contribution in [0.1, 0.15) is 23.6 Å². The van der Waals surface area contributed by atoms with Crippen LogP contribution in [0.25, 0.3) is 5.57 Å².